The first kappa shape index (κ1) is 21.0. The van der Waals surface area contributed by atoms with E-state index in [9.17, 15) is 4.79 Å². The SMILES string of the molecule is CCCOc1ccc([C@@H]2Nc3ccccc3C(=O)N2c2ccc([C@H](C)CC)cc2)cc1. The zero-order valence-electron chi connectivity index (χ0n) is 18.5. The molecule has 0 unspecified atom stereocenters. The summed E-state index contributed by atoms with van der Waals surface area (Å²) in [5.41, 5.74) is 4.73. The topological polar surface area (TPSA) is 41.6 Å². The fourth-order valence-corrected chi connectivity index (χ4v) is 3.92. The maximum atomic E-state index is 13.5. The summed E-state index contributed by atoms with van der Waals surface area (Å²) in [6, 6.07) is 24.1. The molecule has 31 heavy (non-hydrogen) atoms. The molecule has 3 aromatic rings. The third kappa shape index (κ3) is 4.29. The highest BCUT2D eigenvalue weighted by atomic mass is 16.5. The number of nitrogens with zero attached hydrogens (tertiary/aromatic N) is 1. The van der Waals surface area contributed by atoms with E-state index in [0.717, 1.165) is 35.5 Å². The first-order chi connectivity index (χ1) is 15.1. The molecular formula is C27H30N2O2. The van der Waals surface area contributed by atoms with Crippen LogP contribution < -0.4 is 15.0 Å². The van der Waals surface area contributed by atoms with Crippen molar-refractivity contribution in [3.05, 3.63) is 89.5 Å². The summed E-state index contributed by atoms with van der Waals surface area (Å²) >= 11 is 0. The first-order valence-corrected chi connectivity index (χ1v) is 11.1. The monoisotopic (exact) mass is 414 g/mol. The maximum Gasteiger partial charge on any atom is 0.262 e. The number of amides is 1. The van der Waals surface area contributed by atoms with Crippen LogP contribution in [0.5, 0.6) is 5.75 Å². The van der Waals surface area contributed by atoms with Gasteiger partial charge in [0, 0.05) is 11.4 Å². The third-order valence-corrected chi connectivity index (χ3v) is 5.95. The second-order valence-electron chi connectivity index (χ2n) is 8.09. The second kappa shape index (κ2) is 9.25. The van der Waals surface area contributed by atoms with Gasteiger partial charge in [-0.2, -0.15) is 0 Å². The summed E-state index contributed by atoms with van der Waals surface area (Å²) in [6.45, 7) is 7.21. The molecule has 3 aromatic carbocycles. The van der Waals surface area contributed by atoms with Gasteiger partial charge in [-0.1, -0.05) is 57.2 Å². The Morgan fingerprint density at radius 3 is 2.35 bits per heavy atom. The molecule has 0 spiro atoms. The molecule has 4 rings (SSSR count). The van der Waals surface area contributed by atoms with Crippen molar-refractivity contribution < 1.29 is 9.53 Å². The number of rotatable bonds is 7. The molecular weight excluding hydrogens is 384 g/mol. The number of anilines is 2. The zero-order chi connectivity index (χ0) is 21.8. The molecule has 0 aliphatic carbocycles. The minimum atomic E-state index is -0.294. The highest BCUT2D eigenvalue weighted by Gasteiger charge is 2.34. The van der Waals surface area contributed by atoms with Crippen molar-refractivity contribution in [1.82, 2.24) is 0 Å². The second-order valence-corrected chi connectivity index (χ2v) is 8.09. The summed E-state index contributed by atoms with van der Waals surface area (Å²) < 4.78 is 5.73. The van der Waals surface area contributed by atoms with Gasteiger partial charge in [0.15, 0.2) is 0 Å². The molecule has 1 aliphatic heterocycles. The molecule has 2 atom stereocenters. The number of para-hydroxylation sites is 1. The van der Waals surface area contributed by atoms with Gasteiger partial charge in [-0.05, 0) is 66.3 Å². The van der Waals surface area contributed by atoms with Crippen LogP contribution in [-0.2, 0) is 0 Å². The number of nitrogens with one attached hydrogen (secondary N) is 1. The van der Waals surface area contributed by atoms with Crippen LogP contribution in [0, 0.1) is 0 Å². The van der Waals surface area contributed by atoms with Crippen molar-refractivity contribution in [2.45, 2.75) is 45.7 Å². The van der Waals surface area contributed by atoms with Crippen molar-refractivity contribution in [2.24, 2.45) is 0 Å². The molecule has 160 valence electrons. The molecule has 0 bridgehead atoms. The van der Waals surface area contributed by atoms with Gasteiger partial charge in [0.25, 0.3) is 5.91 Å². The van der Waals surface area contributed by atoms with Crippen LogP contribution in [0.1, 0.15) is 67.2 Å². The summed E-state index contributed by atoms with van der Waals surface area (Å²) in [5, 5.41) is 3.57. The normalized spacial score (nSPS) is 16.4. The number of benzene rings is 3. The van der Waals surface area contributed by atoms with Crippen LogP contribution in [0.4, 0.5) is 11.4 Å². The maximum absolute atomic E-state index is 13.5. The predicted octanol–water partition coefficient (Wildman–Crippen LogP) is 6.76. The smallest absolute Gasteiger partial charge is 0.262 e. The van der Waals surface area contributed by atoms with Crippen LogP contribution in [0.3, 0.4) is 0 Å². The van der Waals surface area contributed by atoms with Gasteiger partial charge in [0.05, 0.1) is 12.2 Å². The number of carbonyl (C=O) groups excluding carboxylic acids is 1. The van der Waals surface area contributed by atoms with Crippen molar-refractivity contribution in [2.75, 3.05) is 16.8 Å². The molecule has 1 amide bonds. The van der Waals surface area contributed by atoms with Crippen LogP contribution in [-0.4, -0.2) is 12.5 Å². The lowest BCUT2D eigenvalue weighted by molar-refractivity contribution is 0.0975. The molecule has 4 nitrogen and oxygen atoms in total. The van der Waals surface area contributed by atoms with E-state index in [-0.39, 0.29) is 12.1 Å². The Kier molecular flexibility index (Phi) is 6.26. The van der Waals surface area contributed by atoms with E-state index < -0.39 is 0 Å². The van der Waals surface area contributed by atoms with Gasteiger partial charge in [-0.15, -0.1) is 0 Å². The van der Waals surface area contributed by atoms with E-state index in [1.54, 1.807) is 0 Å². The lowest BCUT2D eigenvalue weighted by Crippen LogP contribution is -2.43. The van der Waals surface area contributed by atoms with Crippen molar-refractivity contribution in [1.29, 1.82) is 0 Å². The fraction of sp³-hybridized carbons (Fsp3) is 0.296. The number of carbonyl (C=O) groups is 1. The highest BCUT2D eigenvalue weighted by Crippen LogP contribution is 2.37. The Morgan fingerprint density at radius 1 is 0.968 bits per heavy atom. The Labute approximate surface area is 184 Å². The van der Waals surface area contributed by atoms with Crippen molar-refractivity contribution >= 4 is 17.3 Å². The Hall–Kier alpha value is -3.27. The molecule has 0 aromatic heterocycles. The van der Waals surface area contributed by atoms with E-state index in [1.807, 2.05) is 53.4 Å². The van der Waals surface area contributed by atoms with E-state index >= 15 is 0 Å². The number of ether oxygens (including phenoxy) is 1. The number of fused-ring (bicyclic) bond motifs is 1. The van der Waals surface area contributed by atoms with E-state index in [4.69, 9.17) is 4.74 Å². The molecule has 1 N–H and O–H groups in total. The van der Waals surface area contributed by atoms with E-state index in [2.05, 4.69) is 50.4 Å². The Morgan fingerprint density at radius 2 is 1.68 bits per heavy atom. The molecule has 0 saturated carbocycles. The van der Waals surface area contributed by atoms with Crippen molar-refractivity contribution in [3.63, 3.8) is 0 Å². The Bertz CT molecular complexity index is 1030. The molecule has 1 aliphatic rings. The largest absolute Gasteiger partial charge is 0.494 e. The van der Waals surface area contributed by atoms with E-state index in [0.29, 0.717) is 18.1 Å². The highest BCUT2D eigenvalue weighted by molar-refractivity contribution is 6.12. The van der Waals surface area contributed by atoms with E-state index in [1.165, 1.54) is 5.56 Å². The minimum absolute atomic E-state index is 0.00181. The number of hydrogen-bond donors (Lipinski definition) is 1. The molecule has 0 fully saturated rings. The minimum Gasteiger partial charge on any atom is -0.494 e. The summed E-state index contributed by atoms with van der Waals surface area (Å²) in [4.78, 5) is 15.4. The van der Waals surface area contributed by atoms with Gasteiger partial charge in [0.2, 0.25) is 0 Å². The predicted molar refractivity (Wildman–Crippen MR) is 127 cm³/mol. The lowest BCUT2D eigenvalue weighted by Gasteiger charge is -2.38. The molecule has 0 radical (unpaired) electrons. The Balaban J connectivity index is 1.71. The molecule has 4 heteroatoms. The van der Waals surface area contributed by atoms with Gasteiger partial charge >= 0.3 is 0 Å². The van der Waals surface area contributed by atoms with Gasteiger partial charge in [-0.3, -0.25) is 9.69 Å². The summed E-state index contributed by atoms with van der Waals surface area (Å²) in [7, 11) is 0. The van der Waals surface area contributed by atoms with Crippen molar-refractivity contribution in [3.8, 4) is 5.75 Å². The van der Waals surface area contributed by atoms with Gasteiger partial charge < -0.3 is 10.1 Å². The fourth-order valence-electron chi connectivity index (χ4n) is 3.92. The van der Waals surface area contributed by atoms with Crippen LogP contribution in [0.25, 0.3) is 0 Å². The first-order valence-electron chi connectivity index (χ1n) is 11.1. The van der Waals surface area contributed by atoms with Gasteiger partial charge in [0.1, 0.15) is 11.9 Å². The van der Waals surface area contributed by atoms with Gasteiger partial charge in [-0.25, -0.2) is 0 Å². The molecule has 1 heterocycles. The third-order valence-electron chi connectivity index (χ3n) is 5.95. The van der Waals surface area contributed by atoms with Crippen LogP contribution >= 0.6 is 0 Å². The van der Waals surface area contributed by atoms with Crippen LogP contribution in [0.15, 0.2) is 72.8 Å². The van der Waals surface area contributed by atoms with Crippen LogP contribution in [0.2, 0.25) is 0 Å². The summed E-state index contributed by atoms with van der Waals surface area (Å²) in [6.07, 6.45) is 1.76. The quantitative estimate of drug-likeness (QED) is 0.464. The lowest BCUT2D eigenvalue weighted by atomic mass is 9.97. The summed E-state index contributed by atoms with van der Waals surface area (Å²) in [5.74, 6) is 1.34. The average Bonchev–Trinajstić information content (AvgIpc) is 2.82. The number of hydrogen-bond acceptors (Lipinski definition) is 3. The standard InChI is InChI=1S/C27H30N2O2/c1-4-18-31-23-16-12-21(13-17-23)26-28-25-9-7-6-8-24(25)27(30)29(26)22-14-10-20(11-15-22)19(3)5-2/h6-17,19,26,28H,4-5,18H2,1-3H3/t19-,26-/m1/s1. The average molecular weight is 415 g/mol. The molecule has 0 saturated heterocycles. The zero-order valence-corrected chi connectivity index (χ0v) is 18.5.